The highest BCUT2D eigenvalue weighted by molar-refractivity contribution is 5.77. The quantitative estimate of drug-likeness (QED) is 0.549. The normalized spacial score (nSPS) is 12.8. The lowest BCUT2D eigenvalue weighted by Crippen LogP contribution is -2.20. The summed E-state index contributed by atoms with van der Waals surface area (Å²) < 4.78 is 10.5. The first-order chi connectivity index (χ1) is 7.66. The Morgan fingerprint density at radius 3 is 2.75 bits per heavy atom. The Hall–Kier alpha value is -1.25. The van der Waals surface area contributed by atoms with E-state index in [9.17, 15) is 4.79 Å². The van der Waals surface area contributed by atoms with E-state index in [0.717, 1.165) is 12.8 Å². The zero-order valence-electron chi connectivity index (χ0n) is 10.2. The van der Waals surface area contributed by atoms with E-state index in [-0.39, 0.29) is 17.8 Å². The van der Waals surface area contributed by atoms with Gasteiger partial charge in [0.1, 0.15) is 11.7 Å². The summed E-state index contributed by atoms with van der Waals surface area (Å²) in [6.45, 7) is 6.56. The van der Waals surface area contributed by atoms with E-state index >= 15 is 0 Å². The maximum absolute atomic E-state index is 11.9. The molecule has 0 aliphatic carbocycles. The lowest BCUT2D eigenvalue weighted by molar-refractivity contribution is -0.147. The van der Waals surface area contributed by atoms with Gasteiger partial charge >= 0.3 is 5.97 Å². The molecule has 0 spiro atoms. The van der Waals surface area contributed by atoms with Crippen molar-refractivity contribution >= 4 is 5.97 Å². The Morgan fingerprint density at radius 1 is 1.50 bits per heavy atom. The van der Waals surface area contributed by atoms with E-state index in [1.807, 2.05) is 19.9 Å². The Kier molecular flexibility index (Phi) is 5.09. The molecular weight excluding hydrogens is 204 g/mol. The average molecular weight is 224 g/mol. The molecular formula is C13H20O3. The van der Waals surface area contributed by atoms with Crippen LogP contribution in [0.25, 0.3) is 0 Å². The van der Waals surface area contributed by atoms with Crippen LogP contribution in [-0.4, -0.2) is 12.6 Å². The summed E-state index contributed by atoms with van der Waals surface area (Å²) in [7, 11) is 0. The monoisotopic (exact) mass is 224 g/mol. The lowest BCUT2D eigenvalue weighted by atomic mass is 9.93. The van der Waals surface area contributed by atoms with Crippen molar-refractivity contribution in [1.29, 1.82) is 0 Å². The predicted molar refractivity (Wildman–Crippen MR) is 62.2 cm³/mol. The lowest BCUT2D eigenvalue weighted by Gasteiger charge is -2.17. The number of hydrogen-bond donors (Lipinski definition) is 0. The molecule has 0 saturated heterocycles. The zero-order chi connectivity index (χ0) is 12.0. The highest BCUT2D eigenvalue weighted by atomic mass is 16.5. The topological polar surface area (TPSA) is 39.4 Å². The molecule has 0 bridgehead atoms. The van der Waals surface area contributed by atoms with Crippen LogP contribution in [0, 0.1) is 5.92 Å². The van der Waals surface area contributed by atoms with Crippen LogP contribution in [0.4, 0.5) is 0 Å². The molecule has 90 valence electrons. The first-order valence-electron chi connectivity index (χ1n) is 5.86. The molecule has 0 N–H and O–H groups in total. The van der Waals surface area contributed by atoms with E-state index in [4.69, 9.17) is 9.15 Å². The number of ether oxygens (including phenoxy) is 1. The van der Waals surface area contributed by atoms with Gasteiger partial charge < -0.3 is 9.15 Å². The molecule has 0 aromatic carbocycles. The van der Waals surface area contributed by atoms with Gasteiger partial charge in [-0.2, -0.15) is 0 Å². The second-order valence-electron chi connectivity index (χ2n) is 4.26. The first-order valence-corrected chi connectivity index (χ1v) is 5.86. The molecule has 1 heterocycles. The molecule has 0 amide bonds. The van der Waals surface area contributed by atoms with Crippen molar-refractivity contribution in [2.45, 2.75) is 39.5 Å². The molecule has 0 saturated carbocycles. The van der Waals surface area contributed by atoms with Crippen molar-refractivity contribution in [3.05, 3.63) is 24.2 Å². The molecule has 1 unspecified atom stereocenters. The largest absolute Gasteiger partial charge is 0.468 e. The minimum atomic E-state index is -0.285. The van der Waals surface area contributed by atoms with Gasteiger partial charge in [0, 0.05) is 0 Å². The molecule has 1 aromatic rings. The van der Waals surface area contributed by atoms with Gasteiger partial charge in [0.15, 0.2) is 0 Å². The number of esters is 1. The summed E-state index contributed by atoms with van der Waals surface area (Å²) in [5.74, 6) is 0.405. The van der Waals surface area contributed by atoms with Crippen LogP contribution in [-0.2, 0) is 9.53 Å². The van der Waals surface area contributed by atoms with Gasteiger partial charge in [-0.15, -0.1) is 0 Å². The van der Waals surface area contributed by atoms with Crippen molar-refractivity contribution in [1.82, 2.24) is 0 Å². The first kappa shape index (κ1) is 12.8. The number of hydrogen-bond acceptors (Lipinski definition) is 3. The Balaban J connectivity index is 2.61. The highest BCUT2D eigenvalue weighted by Crippen LogP contribution is 2.26. The van der Waals surface area contributed by atoms with Gasteiger partial charge in [0.2, 0.25) is 0 Å². The molecule has 0 aliphatic rings. The Labute approximate surface area is 96.8 Å². The van der Waals surface area contributed by atoms with Crippen LogP contribution in [0.1, 0.15) is 45.3 Å². The van der Waals surface area contributed by atoms with E-state index in [0.29, 0.717) is 12.4 Å². The maximum atomic E-state index is 11.9. The third kappa shape index (κ3) is 3.40. The summed E-state index contributed by atoms with van der Waals surface area (Å²) in [5.41, 5.74) is 0. The van der Waals surface area contributed by atoms with Crippen LogP contribution in [0.5, 0.6) is 0 Å². The molecule has 1 rings (SSSR count). The SMILES string of the molecule is CCCCOC(=O)C(c1ccco1)C(C)C. The maximum Gasteiger partial charge on any atom is 0.316 e. The Morgan fingerprint density at radius 2 is 2.25 bits per heavy atom. The highest BCUT2D eigenvalue weighted by Gasteiger charge is 2.27. The van der Waals surface area contributed by atoms with Crippen molar-refractivity contribution in [2.75, 3.05) is 6.61 Å². The van der Waals surface area contributed by atoms with Gasteiger partial charge in [0.25, 0.3) is 0 Å². The summed E-state index contributed by atoms with van der Waals surface area (Å²) in [4.78, 5) is 11.9. The van der Waals surface area contributed by atoms with Crippen LogP contribution in [0.2, 0.25) is 0 Å². The van der Waals surface area contributed by atoms with Crippen molar-refractivity contribution < 1.29 is 13.9 Å². The van der Waals surface area contributed by atoms with E-state index in [2.05, 4.69) is 6.92 Å². The second-order valence-corrected chi connectivity index (χ2v) is 4.26. The fourth-order valence-corrected chi connectivity index (χ4v) is 1.59. The number of carbonyl (C=O) groups is 1. The molecule has 16 heavy (non-hydrogen) atoms. The number of furan rings is 1. The minimum Gasteiger partial charge on any atom is -0.468 e. The van der Waals surface area contributed by atoms with E-state index < -0.39 is 0 Å². The third-order valence-electron chi connectivity index (χ3n) is 2.51. The van der Waals surface area contributed by atoms with Crippen molar-refractivity contribution in [3.63, 3.8) is 0 Å². The summed E-state index contributed by atoms with van der Waals surface area (Å²) in [6, 6.07) is 3.62. The number of carbonyl (C=O) groups excluding carboxylic acids is 1. The molecule has 0 aliphatic heterocycles. The predicted octanol–water partition coefficient (Wildman–Crippen LogP) is 3.36. The summed E-state index contributed by atoms with van der Waals surface area (Å²) in [6.07, 6.45) is 3.53. The molecule has 0 radical (unpaired) electrons. The third-order valence-corrected chi connectivity index (χ3v) is 2.51. The second kappa shape index (κ2) is 6.36. The van der Waals surface area contributed by atoms with Gasteiger partial charge in [-0.05, 0) is 24.5 Å². The standard InChI is InChI=1S/C13H20O3/c1-4-5-8-16-13(14)12(10(2)3)11-7-6-9-15-11/h6-7,9-10,12H,4-5,8H2,1-3H3. The van der Waals surface area contributed by atoms with Gasteiger partial charge in [-0.1, -0.05) is 27.2 Å². The molecule has 1 aromatic heterocycles. The van der Waals surface area contributed by atoms with Crippen molar-refractivity contribution in [3.8, 4) is 0 Å². The molecule has 3 nitrogen and oxygen atoms in total. The van der Waals surface area contributed by atoms with E-state index in [1.165, 1.54) is 0 Å². The van der Waals surface area contributed by atoms with Crippen LogP contribution in [0.3, 0.4) is 0 Å². The van der Waals surface area contributed by atoms with E-state index in [1.54, 1.807) is 12.3 Å². The number of rotatable bonds is 6. The van der Waals surface area contributed by atoms with Gasteiger partial charge in [-0.3, -0.25) is 4.79 Å². The van der Waals surface area contributed by atoms with Crippen LogP contribution < -0.4 is 0 Å². The molecule has 3 heteroatoms. The molecule has 1 atom stereocenters. The van der Waals surface area contributed by atoms with Crippen LogP contribution in [0.15, 0.2) is 22.8 Å². The fourth-order valence-electron chi connectivity index (χ4n) is 1.59. The fraction of sp³-hybridized carbons (Fsp3) is 0.615. The molecule has 0 fully saturated rings. The van der Waals surface area contributed by atoms with Gasteiger partial charge in [-0.25, -0.2) is 0 Å². The minimum absolute atomic E-state index is 0.181. The summed E-state index contributed by atoms with van der Waals surface area (Å²) in [5, 5.41) is 0. The Bertz CT molecular complexity index is 301. The summed E-state index contributed by atoms with van der Waals surface area (Å²) >= 11 is 0. The smallest absolute Gasteiger partial charge is 0.316 e. The van der Waals surface area contributed by atoms with Crippen LogP contribution >= 0.6 is 0 Å². The average Bonchev–Trinajstić information content (AvgIpc) is 2.71. The van der Waals surface area contributed by atoms with Crippen molar-refractivity contribution in [2.24, 2.45) is 5.92 Å². The van der Waals surface area contributed by atoms with Gasteiger partial charge in [0.05, 0.1) is 12.9 Å². The number of unbranched alkanes of at least 4 members (excludes halogenated alkanes) is 1. The zero-order valence-corrected chi connectivity index (χ0v) is 10.2.